The maximum Gasteiger partial charge on any atom is -0.0267 e. The Morgan fingerprint density at radius 1 is 0.361 bits per heavy atom. The Bertz CT molecular complexity index is 384. The second-order valence-electron chi connectivity index (χ2n) is 12.8. The maximum absolute atomic E-state index is 2.69. The lowest BCUT2D eigenvalue weighted by atomic mass is 9.60. The van der Waals surface area contributed by atoms with Gasteiger partial charge in [-0.25, -0.2) is 0 Å². The van der Waals surface area contributed by atoms with Crippen molar-refractivity contribution in [1.29, 1.82) is 0 Å². The third-order valence-corrected chi connectivity index (χ3v) is 9.44. The third-order valence-electron chi connectivity index (χ3n) is 9.44. The zero-order valence-electron chi connectivity index (χ0n) is 26.7. The fourth-order valence-corrected chi connectivity index (χ4v) is 7.08. The van der Waals surface area contributed by atoms with Crippen LogP contribution in [0.1, 0.15) is 215 Å². The Labute approximate surface area is 232 Å². The highest BCUT2D eigenvalue weighted by molar-refractivity contribution is 4.89. The van der Waals surface area contributed by atoms with Crippen LogP contribution in [0.2, 0.25) is 0 Å². The Kier molecular flexibility index (Phi) is 26.6. The first-order valence-electron chi connectivity index (χ1n) is 17.6. The fraction of sp³-hybridized carbons (Fsp3) is 1.00. The van der Waals surface area contributed by atoms with Crippen LogP contribution in [0.5, 0.6) is 0 Å². The minimum atomic E-state index is 0.628. The van der Waals surface area contributed by atoms with E-state index >= 15 is 0 Å². The lowest BCUT2D eigenvalue weighted by Gasteiger charge is -2.45. The molecule has 0 spiro atoms. The van der Waals surface area contributed by atoms with E-state index in [0.717, 1.165) is 11.8 Å². The summed E-state index contributed by atoms with van der Waals surface area (Å²) >= 11 is 0. The average molecular weight is 507 g/mol. The molecule has 0 radical (unpaired) electrons. The molecule has 0 bridgehead atoms. The smallest absolute Gasteiger partial charge is 0.0267 e. The molecule has 0 heterocycles. The Morgan fingerprint density at radius 2 is 0.667 bits per heavy atom. The van der Waals surface area contributed by atoms with E-state index in [1.54, 1.807) is 0 Å². The topological polar surface area (TPSA) is 0 Å². The molecule has 0 aliphatic rings. The second-order valence-corrected chi connectivity index (χ2v) is 12.8. The molecular formula is C36H74. The first-order valence-corrected chi connectivity index (χ1v) is 17.6. The van der Waals surface area contributed by atoms with Gasteiger partial charge in [-0.05, 0) is 42.9 Å². The Hall–Kier alpha value is 0. The Balaban J connectivity index is 5.44. The van der Waals surface area contributed by atoms with Crippen LogP contribution in [-0.2, 0) is 0 Å². The molecule has 0 fully saturated rings. The summed E-state index contributed by atoms with van der Waals surface area (Å²) in [5.41, 5.74) is 0.628. The van der Waals surface area contributed by atoms with Crippen molar-refractivity contribution in [2.45, 2.75) is 215 Å². The normalized spacial score (nSPS) is 13.8. The highest BCUT2D eigenvalue weighted by Gasteiger charge is 2.39. The maximum atomic E-state index is 2.69. The van der Waals surface area contributed by atoms with Gasteiger partial charge in [-0.1, -0.05) is 189 Å². The van der Waals surface area contributed by atoms with Gasteiger partial charge in [-0.2, -0.15) is 0 Å². The predicted octanol–water partition coefficient (Wildman–Crippen LogP) is 13.9. The van der Waals surface area contributed by atoms with E-state index in [0.29, 0.717) is 5.41 Å². The average Bonchev–Trinajstić information content (AvgIpc) is 2.88. The molecule has 0 aromatic rings. The van der Waals surface area contributed by atoms with Gasteiger partial charge in [0.25, 0.3) is 0 Å². The van der Waals surface area contributed by atoms with E-state index in [4.69, 9.17) is 0 Å². The molecule has 0 aromatic carbocycles. The van der Waals surface area contributed by atoms with Crippen molar-refractivity contribution in [1.82, 2.24) is 0 Å². The molecule has 0 N–H and O–H groups in total. The van der Waals surface area contributed by atoms with Crippen molar-refractivity contribution in [3.8, 4) is 0 Å². The van der Waals surface area contributed by atoms with Gasteiger partial charge in [0.05, 0.1) is 0 Å². The van der Waals surface area contributed by atoms with Gasteiger partial charge in [0.2, 0.25) is 0 Å². The highest BCUT2D eigenvalue weighted by Crippen LogP contribution is 2.50. The molecule has 2 unspecified atom stereocenters. The second kappa shape index (κ2) is 26.6. The van der Waals surface area contributed by atoms with Gasteiger partial charge in [0.15, 0.2) is 0 Å². The first-order chi connectivity index (χ1) is 17.6. The molecule has 218 valence electrons. The van der Waals surface area contributed by atoms with Crippen molar-refractivity contribution in [2.24, 2.45) is 17.3 Å². The molecule has 0 amide bonds. The zero-order valence-corrected chi connectivity index (χ0v) is 26.7. The molecule has 0 aliphatic carbocycles. The van der Waals surface area contributed by atoms with Gasteiger partial charge >= 0.3 is 0 Å². The van der Waals surface area contributed by atoms with E-state index in [1.807, 2.05) is 0 Å². The van der Waals surface area contributed by atoms with Crippen molar-refractivity contribution in [2.75, 3.05) is 0 Å². The lowest BCUT2D eigenvalue weighted by molar-refractivity contribution is 0.0483. The highest BCUT2D eigenvalue weighted by atomic mass is 14.4. The summed E-state index contributed by atoms with van der Waals surface area (Å²) in [5.74, 6) is 1.88. The van der Waals surface area contributed by atoms with Gasteiger partial charge < -0.3 is 0 Å². The minimum absolute atomic E-state index is 0.628. The van der Waals surface area contributed by atoms with E-state index < -0.39 is 0 Å². The summed E-state index contributed by atoms with van der Waals surface area (Å²) in [6.07, 6.45) is 39.4. The summed E-state index contributed by atoms with van der Waals surface area (Å²) in [5, 5.41) is 0. The van der Waals surface area contributed by atoms with Crippen LogP contribution in [0.15, 0.2) is 0 Å². The summed E-state index contributed by atoms with van der Waals surface area (Å²) in [4.78, 5) is 0. The largest absolute Gasteiger partial charge is 0.0654 e. The van der Waals surface area contributed by atoms with Crippen LogP contribution in [0.3, 0.4) is 0 Å². The quantitative estimate of drug-likeness (QED) is 0.0884. The molecule has 0 aromatic heterocycles. The standard InChI is InChI=1S/C36H74/c1-7-12-17-19-21-22-24-29-34(6)35(30-25-23-20-18-13-8-2)36(31-26-14-9-3,32-27-15-10-4)33-28-16-11-5/h34-35H,7-33H2,1-6H3. The van der Waals surface area contributed by atoms with Gasteiger partial charge in [0, 0.05) is 0 Å². The van der Waals surface area contributed by atoms with Crippen LogP contribution in [-0.4, -0.2) is 0 Å². The van der Waals surface area contributed by atoms with Crippen LogP contribution in [0, 0.1) is 17.3 Å². The molecule has 0 aliphatic heterocycles. The monoisotopic (exact) mass is 507 g/mol. The van der Waals surface area contributed by atoms with Crippen molar-refractivity contribution >= 4 is 0 Å². The summed E-state index contributed by atoms with van der Waals surface area (Å²) in [6.45, 7) is 14.6. The number of hydrogen-bond donors (Lipinski definition) is 0. The first kappa shape index (κ1) is 36.0. The van der Waals surface area contributed by atoms with Gasteiger partial charge in [-0.15, -0.1) is 0 Å². The lowest BCUT2D eigenvalue weighted by Crippen LogP contribution is -2.35. The fourth-order valence-electron chi connectivity index (χ4n) is 7.08. The zero-order chi connectivity index (χ0) is 26.7. The number of hydrogen-bond acceptors (Lipinski definition) is 0. The molecular weight excluding hydrogens is 432 g/mol. The van der Waals surface area contributed by atoms with Crippen molar-refractivity contribution < 1.29 is 0 Å². The van der Waals surface area contributed by atoms with Crippen LogP contribution in [0.25, 0.3) is 0 Å². The summed E-state index contributed by atoms with van der Waals surface area (Å²) in [6, 6.07) is 0. The summed E-state index contributed by atoms with van der Waals surface area (Å²) in [7, 11) is 0. The molecule has 0 rings (SSSR count). The predicted molar refractivity (Wildman–Crippen MR) is 168 cm³/mol. The third kappa shape index (κ3) is 18.3. The van der Waals surface area contributed by atoms with Crippen LogP contribution < -0.4 is 0 Å². The molecule has 0 saturated heterocycles. The number of rotatable bonds is 29. The van der Waals surface area contributed by atoms with Crippen LogP contribution >= 0.6 is 0 Å². The molecule has 36 heavy (non-hydrogen) atoms. The van der Waals surface area contributed by atoms with Gasteiger partial charge in [0.1, 0.15) is 0 Å². The van der Waals surface area contributed by atoms with E-state index in [1.165, 1.54) is 173 Å². The van der Waals surface area contributed by atoms with Crippen LogP contribution in [0.4, 0.5) is 0 Å². The SMILES string of the molecule is CCCCCCCCCC(C)C(CCCCCCCC)C(CCCCC)(CCCCC)CCCCC. The van der Waals surface area contributed by atoms with Gasteiger partial charge in [-0.3, -0.25) is 0 Å². The minimum Gasteiger partial charge on any atom is -0.0654 e. The molecule has 0 nitrogen and oxygen atoms in total. The van der Waals surface area contributed by atoms with Crippen molar-refractivity contribution in [3.63, 3.8) is 0 Å². The number of unbranched alkanes of at least 4 members (excludes halogenated alkanes) is 17. The van der Waals surface area contributed by atoms with E-state index in [9.17, 15) is 0 Å². The Morgan fingerprint density at radius 3 is 1.06 bits per heavy atom. The van der Waals surface area contributed by atoms with E-state index in [2.05, 4.69) is 41.5 Å². The molecule has 0 saturated carbocycles. The van der Waals surface area contributed by atoms with Crippen molar-refractivity contribution in [3.05, 3.63) is 0 Å². The van der Waals surface area contributed by atoms with E-state index in [-0.39, 0.29) is 0 Å². The molecule has 2 atom stereocenters. The molecule has 0 heteroatoms. The summed E-state index contributed by atoms with van der Waals surface area (Å²) < 4.78 is 0.